The molecule has 0 radical (unpaired) electrons. The number of carbonyl (C=O) groups excluding carboxylic acids is 2. The predicted molar refractivity (Wildman–Crippen MR) is 146 cm³/mol. The van der Waals surface area contributed by atoms with E-state index in [0.717, 1.165) is 40.7 Å². The Balaban J connectivity index is 1.59. The van der Waals surface area contributed by atoms with Crippen LogP contribution < -0.4 is 5.32 Å². The maximum absolute atomic E-state index is 13.8. The number of benzene rings is 2. The van der Waals surface area contributed by atoms with Gasteiger partial charge in [0.05, 0.1) is 28.4 Å². The van der Waals surface area contributed by atoms with Gasteiger partial charge < -0.3 is 10.1 Å². The van der Waals surface area contributed by atoms with Crippen LogP contribution in [-0.2, 0) is 17.6 Å². The molecule has 5 nitrogen and oxygen atoms in total. The van der Waals surface area contributed by atoms with Crippen LogP contribution in [0, 0.1) is 5.92 Å². The number of ether oxygens (including phenoxy) is 1. The smallest absolute Gasteiger partial charge is 0.341 e. The molecule has 1 amide bonds. The van der Waals surface area contributed by atoms with Crippen LogP contribution in [0.1, 0.15) is 58.3 Å². The number of thiophene rings is 1. The van der Waals surface area contributed by atoms with Crippen molar-refractivity contribution in [2.24, 2.45) is 5.92 Å². The van der Waals surface area contributed by atoms with Gasteiger partial charge >= 0.3 is 5.97 Å². The molecule has 2 heterocycles. The number of nitrogens with zero attached hydrogens (tertiary/aromatic N) is 1. The first-order valence-corrected chi connectivity index (χ1v) is 13.3. The number of carbonyl (C=O) groups is 2. The van der Waals surface area contributed by atoms with Gasteiger partial charge in [-0.2, -0.15) is 0 Å². The molecule has 184 valence electrons. The van der Waals surface area contributed by atoms with Gasteiger partial charge in [0.25, 0.3) is 5.91 Å². The lowest BCUT2D eigenvalue weighted by molar-refractivity contribution is 0.0378. The molecule has 1 aliphatic rings. The molecule has 0 bridgehead atoms. The second-order valence-electron chi connectivity index (χ2n) is 9.52. The van der Waals surface area contributed by atoms with Gasteiger partial charge in [-0.15, -0.1) is 11.3 Å². The number of aromatic nitrogens is 1. The summed E-state index contributed by atoms with van der Waals surface area (Å²) >= 11 is 7.93. The number of para-hydroxylation sites is 1. The van der Waals surface area contributed by atoms with Gasteiger partial charge in [0.2, 0.25) is 0 Å². The number of esters is 1. The second kappa shape index (κ2) is 10.0. The number of amides is 1. The maximum atomic E-state index is 13.8. The summed E-state index contributed by atoms with van der Waals surface area (Å²) in [6.07, 6.45) is 2.46. The summed E-state index contributed by atoms with van der Waals surface area (Å²) in [7, 11) is 0. The van der Waals surface area contributed by atoms with Crippen molar-refractivity contribution in [1.29, 1.82) is 0 Å². The van der Waals surface area contributed by atoms with E-state index in [1.54, 1.807) is 12.1 Å². The highest BCUT2D eigenvalue weighted by Crippen LogP contribution is 2.41. The van der Waals surface area contributed by atoms with Crippen molar-refractivity contribution < 1.29 is 14.3 Å². The van der Waals surface area contributed by atoms with Gasteiger partial charge in [-0.25, -0.2) is 9.78 Å². The van der Waals surface area contributed by atoms with Crippen molar-refractivity contribution in [1.82, 2.24) is 4.98 Å². The van der Waals surface area contributed by atoms with E-state index >= 15 is 0 Å². The zero-order valence-corrected chi connectivity index (χ0v) is 22.0. The normalized spacial score (nSPS) is 15.1. The standard InChI is InChI=1S/C29H27ClN2O3S/c1-16(2)35-29(34)26-20-13-12-17(3)14-25(20)36-28(26)32-27(33)21-15-24(19-9-4-6-10-22(19)30)31-23-11-7-5-8-18(21)23/h4-11,15-17H,12-14H2,1-3H3,(H,32,33). The summed E-state index contributed by atoms with van der Waals surface area (Å²) in [5, 5.41) is 4.89. The molecule has 1 aliphatic carbocycles. The van der Waals surface area contributed by atoms with Gasteiger partial charge in [0.15, 0.2) is 0 Å². The third kappa shape index (κ3) is 4.75. The zero-order chi connectivity index (χ0) is 25.4. The summed E-state index contributed by atoms with van der Waals surface area (Å²) in [5.74, 6) is -0.146. The van der Waals surface area contributed by atoms with Crippen LogP contribution in [-0.4, -0.2) is 23.0 Å². The van der Waals surface area contributed by atoms with Crippen LogP contribution in [0.2, 0.25) is 5.02 Å². The van der Waals surface area contributed by atoms with Gasteiger partial charge in [-0.1, -0.05) is 54.9 Å². The minimum Gasteiger partial charge on any atom is -0.459 e. The van der Waals surface area contributed by atoms with E-state index < -0.39 is 0 Å². The van der Waals surface area contributed by atoms with Crippen molar-refractivity contribution >= 4 is 50.7 Å². The second-order valence-corrected chi connectivity index (χ2v) is 11.0. The number of hydrogen-bond donors (Lipinski definition) is 1. The molecule has 0 fully saturated rings. The summed E-state index contributed by atoms with van der Waals surface area (Å²) in [6.45, 7) is 5.87. The molecular formula is C29H27ClN2O3S. The Hall–Kier alpha value is -3.22. The average molecular weight is 519 g/mol. The summed E-state index contributed by atoms with van der Waals surface area (Å²) in [5.41, 5.74) is 4.03. The van der Waals surface area contributed by atoms with E-state index in [4.69, 9.17) is 21.3 Å². The van der Waals surface area contributed by atoms with Crippen molar-refractivity contribution in [3.63, 3.8) is 0 Å². The van der Waals surface area contributed by atoms with Gasteiger partial charge in [-0.3, -0.25) is 4.79 Å². The van der Waals surface area contributed by atoms with E-state index in [1.165, 1.54) is 11.3 Å². The van der Waals surface area contributed by atoms with E-state index in [2.05, 4.69) is 12.2 Å². The fourth-order valence-electron chi connectivity index (χ4n) is 4.67. The van der Waals surface area contributed by atoms with Gasteiger partial charge in [-0.05, 0) is 62.8 Å². The lowest BCUT2D eigenvalue weighted by Gasteiger charge is -2.19. The molecule has 0 aliphatic heterocycles. The molecule has 1 atom stereocenters. The first kappa shape index (κ1) is 24.5. The maximum Gasteiger partial charge on any atom is 0.341 e. The fraction of sp³-hybridized carbons (Fsp3) is 0.276. The number of rotatable bonds is 5. The average Bonchev–Trinajstić information content (AvgIpc) is 3.20. The van der Waals surface area contributed by atoms with Crippen LogP contribution >= 0.6 is 22.9 Å². The zero-order valence-electron chi connectivity index (χ0n) is 20.4. The third-order valence-corrected chi connectivity index (χ3v) is 7.90. The van der Waals surface area contributed by atoms with Crippen LogP contribution in [0.4, 0.5) is 5.00 Å². The first-order chi connectivity index (χ1) is 17.3. The van der Waals surface area contributed by atoms with E-state index in [0.29, 0.717) is 38.3 Å². The Morgan fingerprint density at radius 1 is 1.14 bits per heavy atom. The highest BCUT2D eigenvalue weighted by Gasteiger charge is 2.30. The molecule has 0 saturated carbocycles. The minimum atomic E-state index is -0.385. The lowest BCUT2D eigenvalue weighted by atomic mass is 9.88. The van der Waals surface area contributed by atoms with Gasteiger partial charge in [0.1, 0.15) is 5.00 Å². The molecule has 2 aromatic carbocycles. The summed E-state index contributed by atoms with van der Waals surface area (Å²) in [4.78, 5) is 32.8. The number of anilines is 1. The first-order valence-electron chi connectivity index (χ1n) is 12.1. The number of pyridine rings is 1. The highest BCUT2D eigenvalue weighted by molar-refractivity contribution is 7.17. The number of hydrogen-bond acceptors (Lipinski definition) is 5. The molecule has 0 spiro atoms. The fourth-order valence-corrected chi connectivity index (χ4v) is 6.29. The summed E-state index contributed by atoms with van der Waals surface area (Å²) < 4.78 is 5.57. The monoisotopic (exact) mass is 518 g/mol. The van der Waals surface area contributed by atoms with E-state index in [1.807, 2.05) is 56.3 Å². The Labute approximate surface area is 219 Å². The molecule has 1 unspecified atom stereocenters. The molecule has 36 heavy (non-hydrogen) atoms. The summed E-state index contributed by atoms with van der Waals surface area (Å²) in [6, 6.07) is 16.7. The Morgan fingerprint density at radius 3 is 2.67 bits per heavy atom. The third-order valence-electron chi connectivity index (χ3n) is 6.40. The van der Waals surface area contributed by atoms with E-state index in [9.17, 15) is 9.59 Å². The topological polar surface area (TPSA) is 68.3 Å². The quantitative estimate of drug-likeness (QED) is 0.277. The Kier molecular flexibility index (Phi) is 6.82. The number of nitrogens with one attached hydrogen (secondary N) is 1. The number of halogens is 1. The van der Waals surface area contributed by atoms with Crippen molar-refractivity contribution in [2.75, 3.05) is 5.32 Å². The van der Waals surface area contributed by atoms with Crippen LogP contribution in [0.15, 0.2) is 54.6 Å². The minimum absolute atomic E-state index is 0.249. The molecule has 4 aromatic rings. The predicted octanol–water partition coefficient (Wildman–Crippen LogP) is 7.56. The Bertz CT molecular complexity index is 1480. The lowest BCUT2D eigenvalue weighted by Crippen LogP contribution is -2.19. The molecule has 1 N–H and O–H groups in total. The number of fused-ring (bicyclic) bond motifs is 2. The van der Waals surface area contributed by atoms with Crippen molar-refractivity contribution in [3.8, 4) is 11.3 Å². The highest BCUT2D eigenvalue weighted by atomic mass is 35.5. The largest absolute Gasteiger partial charge is 0.459 e. The van der Waals surface area contributed by atoms with Crippen LogP contribution in [0.25, 0.3) is 22.2 Å². The molecule has 5 rings (SSSR count). The van der Waals surface area contributed by atoms with E-state index in [-0.39, 0.29) is 18.0 Å². The van der Waals surface area contributed by atoms with Crippen LogP contribution in [0.3, 0.4) is 0 Å². The van der Waals surface area contributed by atoms with Crippen molar-refractivity contribution in [2.45, 2.75) is 46.1 Å². The van der Waals surface area contributed by atoms with Crippen molar-refractivity contribution in [3.05, 3.63) is 81.2 Å². The van der Waals surface area contributed by atoms with Gasteiger partial charge in [0, 0.05) is 20.8 Å². The Morgan fingerprint density at radius 2 is 1.89 bits per heavy atom. The molecule has 0 saturated heterocycles. The molecule has 7 heteroatoms. The molecular weight excluding hydrogens is 492 g/mol. The molecule has 2 aromatic heterocycles. The SMILES string of the molecule is CC1CCc2c(sc(NC(=O)c3cc(-c4ccccc4Cl)nc4ccccc34)c2C(=O)OC(C)C)C1. The van der Waals surface area contributed by atoms with Crippen LogP contribution in [0.5, 0.6) is 0 Å².